The molecule has 0 bridgehead atoms. The van der Waals surface area contributed by atoms with Crippen LogP contribution in [0.2, 0.25) is 0 Å². The molecule has 1 aliphatic carbocycles. The van der Waals surface area contributed by atoms with E-state index in [1.54, 1.807) is 0 Å². The molecule has 0 aromatic carbocycles. The summed E-state index contributed by atoms with van der Waals surface area (Å²) in [5, 5.41) is 0. The fourth-order valence-corrected chi connectivity index (χ4v) is 0.381. The Balaban J connectivity index is 2.55. The zero-order valence-electron chi connectivity index (χ0n) is 3.98. The number of primary amides is 1. The highest BCUT2D eigenvalue weighted by molar-refractivity contribution is 5.87. The number of hydrogen-bond donors (Lipinski definition) is 2. The molecule has 1 saturated carbocycles. The number of carbonyl (C=O) groups is 1. The molecule has 3 heteroatoms. The second kappa shape index (κ2) is 0.980. The maximum atomic E-state index is 10.2. The van der Waals surface area contributed by atoms with Crippen molar-refractivity contribution >= 4 is 5.91 Å². The number of carbonyl (C=O) groups excluding carboxylic acids is 1. The number of rotatable bonds is 1. The van der Waals surface area contributed by atoms with Crippen LogP contribution in [0.4, 0.5) is 0 Å². The lowest BCUT2D eigenvalue weighted by Gasteiger charge is -1.97. The molecule has 1 aliphatic rings. The first-order valence-electron chi connectivity index (χ1n) is 2.24. The summed E-state index contributed by atoms with van der Waals surface area (Å²) in [6.45, 7) is 0. The molecule has 1 fully saturated rings. The first kappa shape index (κ1) is 4.59. The van der Waals surface area contributed by atoms with Gasteiger partial charge in [-0.2, -0.15) is 0 Å². The van der Waals surface area contributed by atoms with Crippen LogP contribution >= 0.6 is 0 Å². The molecule has 7 heavy (non-hydrogen) atoms. The predicted molar refractivity (Wildman–Crippen MR) is 25.3 cm³/mol. The Labute approximate surface area is 41.7 Å². The highest BCUT2D eigenvalue weighted by atomic mass is 16.1. The van der Waals surface area contributed by atoms with Gasteiger partial charge < -0.3 is 11.5 Å². The number of hydrogen-bond acceptors (Lipinski definition) is 2. The van der Waals surface area contributed by atoms with E-state index >= 15 is 0 Å². The Hall–Kier alpha value is -0.570. The lowest BCUT2D eigenvalue weighted by molar-refractivity contribution is -0.120. The van der Waals surface area contributed by atoms with Gasteiger partial charge >= 0.3 is 0 Å². The number of amides is 1. The van der Waals surface area contributed by atoms with Gasteiger partial charge in [-0.25, -0.2) is 0 Å². The Morgan fingerprint density at radius 2 is 2.00 bits per heavy atom. The van der Waals surface area contributed by atoms with E-state index in [2.05, 4.69) is 0 Å². The minimum Gasteiger partial charge on any atom is -0.368 e. The summed E-state index contributed by atoms with van der Waals surface area (Å²) in [6.07, 6.45) is 1.53. The van der Waals surface area contributed by atoms with Crippen LogP contribution in [0.25, 0.3) is 0 Å². The van der Waals surface area contributed by atoms with Crippen LogP contribution in [0, 0.1) is 0 Å². The maximum absolute atomic E-state index is 10.2. The van der Waals surface area contributed by atoms with E-state index in [1.807, 2.05) is 0 Å². The summed E-state index contributed by atoms with van der Waals surface area (Å²) in [6, 6.07) is 0. The minimum absolute atomic E-state index is 0.368. The smallest absolute Gasteiger partial charge is 0.237 e. The molecule has 0 radical (unpaired) electrons. The van der Waals surface area contributed by atoms with Gasteiger partial charge in [0.1, 0.15) is 0 Å². The molecule has 1 rings (SSSR count). The van der Waals surface area contributed by atoms with Crippen molar-refractivity contribution in [1.82, 2.24) is 0 Å². The molecular weight excluding hydrogens is 92.1 g/mol. The average Bonchev–Trinajstić information content (AvgIpc) is 2.21. The first-order valence-corrected chi connectivity index (χ1v) is 2.24. The Kier molecular flexibility index (Phi) is 0.642. The molecule has 0 unspecified atom stereocenters. The van der Waals surface area contributed by atoms with Gasteiger partial charge in [0, 0.05) is 0 Å². The van der Waals surface area contributed by atoms with Crippen LogP contribution in [0.3, 0.4) is 0 Å². The fourth-order valence-electron chi connectivity index (χ4n) is 0.381. The molecule has 0 heterocycles. The first-order chi connectivity index (χ1) is 3.15. The van der Waals surface area contributed by atoms with Gasteiger partial charge in [-0.3, -0.25) is 4.79 Å². The van der Waals surface area contributed by atoms with Crippen molar-refractivity contribution in [3.63, 3.8) is 0 Å². The van der Waals surface area contributed by atoms with Crippen LogP contribution in [-0.4, -0.2) is 11.4 Å². The zero-order valence-corrected chi connectivity index (χ0v) is 3.98. The van der Waals surface area contributed by atoms with E-state index in [0.29, 0.717) is 0 Å². The molecule has 4 N–H and O–H groups in total. The highest BCUT2D eigenvalue weighted by Gasteiger charge is 2.44. The second-order valence-electron chi connectivity index (χ2n) is 2.02. The fraction of sp³-hybridized carbons (Fsp3) is 0.750. The third-order valence-corrected chi connectivity index (χ3v) is 1.28. The molecule has 0 atom stereocenters. The van der Waals surface area contributed by atoms with Gasteiger partial charge in [0.15, 0.2) is 0 Å². The van der Waals surface area contributed by atoms with Gasteiger partial charge in [-0.15, -0.1) is 0 Å². The quantitative estimate of drug-likeness (QED) is 0.442. The third-order valence-electron chi connectivity index (χ3n) is 1.28. The molecule has 0 aromatic rings. The van der Waals surface area contributed by atoms with E-state index in [-0.39, 0.29) is 5.91 Å². The van der Waals surface area contributed by atoms with Gasteiger partial charge in [0.25, 0.3) is 0 Å². The molecule has 0 saturated heterocycles. The van der Waals surface area contributed by atoms with E-state index in [1.165, 1.54) is 0 Å². The lowest BCUT2D eigenvalue weighted by Crippen LogP contribution is -2.38. The predicted octanol–water partition coefficient (Wildman–Crippen LogP) is -1.04. The van der Waals surface area contributed by atoms with Gasteiger partial charge in [0.05, 0.1) is 5.54 Å². The highest BCUT2D eigenvalue weighted by Crippen LogP contribution is 2.30. The maximum Gasteiger partial charge on any atom is 0.237 e. The summed E-state index contributed by atoms with van der Waals surface area (Å²) in [7, 11) is 0. The normalized spacial score (nSPS) is 24.1. The molecule has 1 amide bonds. The standard InChI is InChI=1S/C4H8N2O/c5-3(7)4(6)1-2-4/h1-2,6H2,(H2,5,7). The van der Waals surface area contributed by atoms with Crippen molar-refractivity contribution in [1.29, 1.82) is 0 Å². The summed E-state index contributed by atoms with van der Waals surface area (Å²) in [4.78, 5) is 10.2. The average molecular weight is 100 g/mol. The monoisotopic (exact) mass is 100 g/mol. The van der Waals surface area contributed by atoms with Crippen molar-refractivity contribution < 1.29 is 4.79 Å². The van der Waals surface area contributed by atoms with Crippen molar-refractivity contribution in [3.05, 3.63) is 0 Å². The molecular formula is C4H8N2O. The summed E-state index contributed by atoms with van der Waals surface area (Å²) in [5.41, 5.74) is 9.57. The van der Waals surface area contributed by atoms with Gasteiger partial charge in [-0.05, 0) is 12.8 Å². The van der Waals surface area contributed by atoms with Crippen molar-refractivity contribution in [3.8, 4) is 0 Å². The van der Waals surface area contributed by atoms with Crippen LogP contribution in [-0.2, 0) is 4.79 Å². The van der Waals surface area contributed by atoms with Crippen LogP contribution < -0.4 is 11.5 Å². The molecule has 40 valence electrons. The Morgan fingerprint density at radius 3 is 2.00 bits per heavy atom. The van der Waals surface area contributed by atoms with Crippen LogP contribution in [0.5, 0.6) is 0 Å². The van der Waals surface area contributed by atoms with E-state index in [9.17, 15) is 4.79 Å². The van der Waals surface area contributed by atoms with E-state index in [0.717, 1.165) is 12.8 Å². The summed E-state index contributed by atoms with van der Waals surface area (Å²) >= 11 is 0. The van der Waals surface area contributed by atoms with Crippen molar-refractivity contribution in [2.24, 2.45) is 11.5 Å². The topological polar surface area (TPSA) is 69.1 Å². The number of nitrogens with two attached hydrogens (primary N) is 2. The third kappa shape index (κ3) is 0.587. The lowest BCUT2D eigenvalue weighted by atomic mass is 10.3. The Morgan fingerprint density at radius 1 is 1.57 bits per heavy atom. The molecule has 0 aliphatic heterocycles. The minimum atomic E-state index is -0.611. The van der Waals surface area contributed by atoms with E-state index in [4.69, 9.17) is 11.5 Å². The van der Waals surface area contributed by atoms with Crippen LogP contribution in [0.1, 0.15) is 12.8 Å². The van der Waals surface area contributed by atoms with Crippen LogP contribution in [0.15, 0.2) is 0 Å². The van der Waals surface area contributed by atoms with Gasteiger partial charge in [-0.1, -0.05) is 0 Å². The molecule has 0 spiro atoms. The van der Waals surface area contributed by atoms with Gasteiger partial charge in [0.2, 0.25) is 5.91 Å². The molecule has 3 nitrogen and oxygen atoms in total. The van der Waals surface area contributed by atoms with Crippen molar-refractivity contribution in [2.75, 3.05) is 0 Å². The summed E-state index contributed by atoms with van der Waals surface area (Å²) in [5.74, 6) is -0.368. The molecule has 0 aromatic heterocycles. The summed E-state index contributed by atoms with van der Waals surface area (Å²) < 4.78 is 0. The largest absolute Gasteiger partial charge is 0.368 e. The van der Waals surface area contributed by atoms with E-state index < -0.39 is 5.54 Å². The zero-order chi connectivity index (χ0) is 5.49. The second-order valence-corrected chi connectivity index (χ2v) is 2.02. The SMILES string of the molecule is NC(=O)C1(N)CC1. The van der Waals surface area contributed by atoms with Crippen molar-refractivity contribution in [2.45, 2.75) is 18.4 Å². The Bertz CT molecular complexity index is 106.